The summed E-state index contributed by atoms with van der Waals surface area (Å²) in [7, 11) is 1.61. The second-order valence-electron chi connectivity index (χ2n) is 7.40. The van der Waals surface area contributed by atoms with Gasteiger partial charge in [0, 0.05) is 18.6 Å². The Bertz CT molecular complexity index is 1160. The van der Waals surface area contributed by atoms with Crippen molar-refractivity contribution in [3.63, 3.8) is 0 Å². The minimum atomic E-state index is -0.455. The number of aliphatic hydroxyl groups excluding tert-OH is 1. The lowest BCUT2D eigenvalue weighted by Crippen LogP contribution is -2.17. The summed E-state index contributed by atoms with van der Waals surface area (Å²) in [6.45, 7) is 7.88. The number of rotatable bonds is 5. The highest BCUT2D eigenvalue weighted by Crippen LogP contribution is 2.34. The number of fused-ring (bicyclic) bond motifs is 1. The molecule has 0 amide bonds. The third-order valence-corrected chi connectivity index (χ3v) is 5.35. The number of hydrogen-bond acceptors (Lipinski definition) is 5. The normalized spacial score (nSPS) is 13.6. The van der Waals surface area contributed by atoms with E-state index in [4.69, 9.17) is 9.72 Å². The van der Waals surface area contributed by atoms with Crippen molar-refractivity contribution in [1.82, 2.24) is 24.3 Å². The van der Waals surface area contributed by atoms with E-state index in [9.17, 15) is 5.11 Å². The van der Waals surface area contributed by atoms with E-state index in [2.05, 4.69) is 26.9 Å². The fourth-order valence-corrected chi connectivity index (χ4v) is 3.57. The maximum atomic E-state index is 10.0. The molecular formula is C22H25N5O2. The zero-order chi connectivity index (χ0) is 20.7. The number of aryl methyl sites for hydroxylation is 2. The first-order chi connectivity index (χ1) is 13.9. The van der Waals surface area contributed by atoms with E-state index in [1.54, 1.807) is 24.9 Å². The van der Waals surface area contributed by atoms with Crippen molar-refractivity contribution in [1.29, 1.82) is 0 Å². The van der Waals surface area contributed by atoms with Gasteiger partial charge in [0.1, 0.15) is 0 Å². The van der Waals surface area contributed by atoms with E-state index in [0.717, 1.165) is 33.4 Å². The molecule has 4 heterocycles. The van der Waals surface area contributed by atoms with Crippen LogP contribution < -0.4 is 4.74 Å². The summed E-state index contributed by atoms with van der Waals surface area (Å²) in [4.78, 5) is 9.57. The number of aromatic nitrogens is 5. The molecular weight excluding hydrogens is 366 g/mol. The van der Waals surface area contributed by atoms with Gasteiger partial charge in [-0.25, -0.2) is 9.67 Å². The molecule has 0 spiro atoms. The maximum Gasteiger partial charge on any atom is 0.224 e. The molecule has 0 aromatic carbocycles. The number of pyridine rings is 2. The van der Waals surface area contributed by atoms with E-state index in [1.807, 2.05) is 45.2 Å². The van der Waals surface area contributed by atoms with Crippen molar-refractivity contribution in [2.45, 2.75) is 39.8 Å². The minimum absolute atomic E-state index is 0.0391. The average molecular weight is 391 g/mol. The molecule has 1 N–H and O–H groups in total. The Hall–Kier alpha value is -3.19. The molecule has 0 saturated heterocycles. The van der Waals surface area contributed by atoms with Gasteiger partial charge < -0.3 is 14.4 Å². The molecule has 7 heteroatoms. The van der Waals surface area contributed by atoms with Crippen LogP contribution in [0.2, 0.25) is 0 Å². The Labute approximate surface area is 169 Å². The fourth-order valence-electron chi connectivity index (χ4n) is 3.57. The SMILES string of the molecule is COc1nc(-n2cccn2)ccc1-c1nc2c(C)cn([C@H](C)[C@@H](C)O)c2cc1C. The molecule has 7 nitrogen and oxygen atoms in total. The van der Waals surface area contributed by atoms with Gasteiger partial charge >= 0.3 is 0 Å². The van der Waals surface area contributed by atoms with Crippen LogP contribution in [-0.4, -0.2) is 42.6 Å². The zero-order valence-corrected chi connectivity index (χ0v) is 17.3. The lowest BCUT2D eigenvalue weighted by atomic mass is 10.1. The van der Waals surface area contributed by atoms with Gasteiger partial charge in [-0.1, -0.05) is 0 Å². The van der Waals surface area contributed by atoms with Crippen molar-refractivity contribution < 1.29 is 9.84 Å². The topological polar surface area (TPSA) is 78.0 Å². The first kappa shape index (κ1) is 19.1. The summed E-state index contributed by atoms with van der Waals surface area (Å²) in [6, 6.07) is 7.80. The molecule has 0 aliphatic heterocycles. The van der Waals surface area contributed by atoms with Gasteiger partial charge in [-0.2, -0.15) is 10.1 Å². The van der Waals surface area contributed by atoms with Crippen LogP contribution in [0.3, 0.4) is 0 Å². The molecule has 2 atom stereocenters. The molecule has 0 radical (unpaired) electrons. The molecule has 0 aliphatic rings. The van der Waals surface area contributed by atoms with Crippen LogP contribution in [0.5, 0.6) is 5.88 Å². The summed E-state index contributed by atoms with van der Waals surface area (Å²) in [5.74, 6) is 1.19. The standard InChI is InChI=1S/C22H25N5O2/c1-13-11-18-21(14(2)12-26(18)15(3)16(4)28)25-20(13)17-7-8-19(24-22(17)29-5)27-10-6-9-23-27/h6-12,15-16,28H,1-5H3/t15-,16-/m1/s1. The Kier molecular flexibility index (Phi) is 4.84. The number of ether oxygens (including phenoxy) is 1. The van der Waals surface area contributed by atoms with Gasteiger partial charge in [0.2, 0.25) is 5.88 Å². The quantitative estimate of drug-likeness (QED) is 0.559. The van der Waals surface area contributed by atoms with E-state index in [0.29, 0.717) is 11.7 Å². The zero-order valence-electron chi connectivity index (χ0n) is 17.3. The fraction of sp³-hybridized carbons (Fsp3) is 0.318. The van der Waals surface area contributed by atoms with Gasteiger partial charge in [-0.15, -0.1) is 0 Å². The lowest BCUT2D eigenvalue weighted by molar-refractivity contribution is 0.141. The summed E-state index contributed by atoms with van der Waals surface area (Å²) in [5, 5.41) is 14.3. The van der Waals surface area contributed by atoms with Crippen LogP contribution in [0.4, 0.5) is 0 Å². The third-order valence-electron chi connectivity index (χ3n) is 5.35. The highest BCUT2D eigenvalue weighted by molar-refractivity contribution is 5.85. The smallest absolute Gasteiger partial charge is 0.224 e. The molecule has 150 valence electrons. The van der Waals surface area contributed by atoms with Gasteiger partial charge in [0.05, 0.1) is 41.5 Å². The summed E-state index contributed by atoms with van der Waals surface area (Å²) < 4.78 is 9.36. The van der Waals surface area contributed by atoms with Crippen LogP contribution in [0.15, 0.2) is 42.9 Å². The Morgan fingerprint density at radius 1 is 1.10 bits per heavy atom. The van der Waals surface area contributed by atoms with E-state index >= 15 is 0 Å². The van der Waals surface area contributed by atoms with Crippen LogP contribution in [-0.2, 0) is 0 Å². The summed E-state index contributed by atoms with van der Waals surface area (Å²) in [6.07, 6.45) is 5.15. The minimum Gasteiger partial charge on any atom is -0.480 e. The molecule has 4 aromatic heterocycles. The molecule has 0 unspecified atom stereocenters. The Morgan fingerprint density at radius 2 is 1.90 bits per heavy atom. The Morgan fingerprint density at radius 3 is 2.55 bits per heavy atom. The first-order valence-corrected chi connectivity index (χ1v) is 9.63. The predicted molar refractivity (Wildman–Crippen MR) is 113 cm³/mol. The molecule has 29 heavy (non-hydrogen) atoms. The third kappa shape index (κ3) is 3.27. The maximum absolute atomic E-state index is 10.0. The molecule has 4 rings (SSSR count). The Balaban J connectivity index is 1.86. The van der Waals surface area contributed by atoms with Crippen molar-refractivity contribution >= 4 is 11.0 Å². The van der Waals surface area contributed by atoms with E-state index in [-0.39, 0.29) is 6.04 Å². The number of methoxy groups -OCH3 is 1. The van der Waals surface area contributed by atoms with Gasteiger partial charge in [-0.3, -0.25) is 0 Å². The second kappa shape index (κ2) is 7.33. The van der Waals surface area contributed by atoms with Crippen molar-refractivity contribution in [3.05, 3.63) is 54.0 Å². The second-order valence-corrected chi connectivity index (χ2v) is 7.40. The van der Waals surface area contributed by atoms with Gasteiger partial charge in [0.25, 0.3) is 0 Å². The predicted octanol–water partition coefficient (Wildman–Crippen LogP) is 3.85. The molecule has 0 bridgehead atoms. The highest BCUT2D eigenvalue weighted by Gasteiger charge is 2.20. The largest absolute Gasteiger partial charge is 0.480 e. The molecule has 0 fully saturated rings. The molecule has 0 aliphatic carbocycles. The van der Waals surface area contributed by atoms with Crippen LogP contribution in [0.25, 0.3) is 28.1 Å². The molecule has 0 saturated carbocycles. The summed E-state index contributed by atoms with van der Waals surface area (Å²) in [5.41, 5.74) is 5.67. The van der Waals surface area contributed by atoms with Crippen LogP contribution >= 0.6 is 0 Å². The number of hydrogen-bond donors (Lipinski definition) is 1. The van der Waals surface area contributed by atoms with Crippen LogP contribution in [0, 0.1) is 13.8 Å². The number of nitrogens with zero attached hydrogens (tertiary/aromatic N) is 5. The highest BCUT2D eigenvalue weighted by atomic mass is 16.5. The monoisotopic (exact) mass is 391 g/mol. The summed E-state index contributed by atoms with van der Waals surface area (Å²) >= 11 is 0. The first-order valence-electron chi connectivity index (χ1n) is 9.63. The van der Waals surface area contributed by atoms with Crippen molar-refractivity contribution in [2.75, 3.05) is 7.11 Å². The van der Waals surface area contributed by atoms with Gasteiger partial charge in [-0.05, 0) is 63.1 Å². The van der Waals surface area contributed by atoms with Gasteiger partial charge in [0.15, 0.2) is 5.82 Å². The van der Waals surface area contributed by atoms with Crippen molar-refractivity contribution in [2.24, 2.45) is 0 Å². The molecule has 4 aromatic rings. The van der Waals surface area contributed by atoms with Crippen molar-refractivity contribution in [3.8, 4) is 23.0 Å². The lowest BCUT2D eigenvalue weighted by Gasteiger charge is -2.18. The van der Waals surface area contributed by atoms with E-state index in [1.165, 1.54) is 0 Å². The number of aliphatic hydroxyl groups is 1. The van der Waals surface area contributed by atoms with E-state index < -0.39 is 6.10 Å². The van der Waals surface area contributed by atoms with Crippen LogP contribution in [0.1, 0.15) is 31.0 Å². The average Bonchev–Trinajstić information content (AvgIpc) is 3.35.